The highest BCUT2D eigenvalue weighted by Crippen LogP contribution is 2.52. The van der Waals surface area contributed by atoms with Gasteiger partial charge in [0.15, 0.2) is 92.6 Å². The summed E-state index contributed by atoms with van der Waals surface area (Å²) in [7, 11) is 4.86. The van der Waals surface area contributed by atoms with E-state index in [1.165, 1.54) is 16.4 Å². The van der Waals surface area contributed by atoms with Crippen LogP contribution in [0, 0.1) is 0 Å². The van der Waals surface area contributed by atoms with E-state index in [2.05, 4.69) is 60.5 Å². The van der Waals surface area contributed by atoms with Crippen molar-refractivity contribution in [2.24, 2.45) is 38.3 Å². The number of nitrogens with zero attached hydrogens (tertiary/aromatic N) is 18. The van der Waals surface area contributed by atoms with Crippen LogP contribution in [0.2, 0.25) is 0 Å². The predicted molar refractivity (Wildman–Crippen MR) is 540 cm³/mol. The van der Waals surface area contributed by atoms with Crippen molar-refractivity contribution in [2.75, 3.05) is 59.3 Å². The van der Waals surface area contributed by atoms with E-state index in [0.29, 0.717) is 242 Å². The summed E-state index contributed by atoms with van der Waals surface area (Å²) in [5.41, 5.74) is 18.0. The van der Waals surface area contributed by atoms with Crippen molar-refractivity contribution in [3.8, 4) is 103 Å². The van der Waals surface area contributed by atoms with Crippen molar-refractivity contribution in [3.05, 3.63) is 252 Å². The molecular weight excluding hydrogens is 2050 g/mol. The molecule has 0 amide bonds. The van der Waals surface area contributed by atoms with Crippen molar-refractivity contribution >= 4 is 74.4 Å². The molecule has 4 aliphatic carbocycles. The molecule has 4 fully saturated rings. The maximum Gasteiger partial charge on any atom is 0.297 e. The first-order chi connectivity index (χ1) is 66.9. The summed E-state index contributed by atoms with van der Waals surface area (Å²) < 4.78 is 224. The van der Waals surface area contributed by atoms with Crippen LogP contribution in [-0.2, 0) is 63.5 Å². The molecule has 0 saturated heterocycles. The van der Waals surface area contributed by atoms with Gasteiger partial charge in [0.05, 0.1) is 38.0 Å². The molecule has 0 atom stereocenters. The molecule has 6 aromatic heterocycles. The van der Waals surface area contributed by atoms with Gasteiger partial charge >= 0.3 is 0 Å². The van der Waals surface area contributed by atoms with Gasteiger partial charge < -0.3 is 45.6 Å². The van der Waals surface area contributed by atoms with Crippen LogP contribution >= 0.6 is 74.4 Å². The fraction of sp³-hybridized carbons (Fsp3) is 0.388. The van der Waals surface area contributed by atoms with Crippen LogP contribution in [0.1, 0.15) is 160 Å². The standard InChI is InChI=1S/2C18H21F2N3O.C17H19F2N3O.C16H18F2N4O.C15H17F3N4O.C14H15F3N4O.6ClH/c1-3-13(11-19)12-24-15-7-5-14(6-8-15)16-21-17(18(20)9-10-18)22-23(16)4-2;1-3-13(11-19)12-24-15-7-5-14(6-8-15)16-21-17(18(20)9-10-18)23(4-2)22-16;1-3-12(10-18)11-23-14-6-4-13(5-7-14)15-20-16(21-22(15)2)17(19)8-9-17;1-22-15(16(18)6-7-16)20-14(21-22)12-2-4-13(5-3-12)23-10-11(8-17)9-19;1-2-22-15(13(17)18)20-14(21-22)11-3-5-12(6-4-11)23-9-10(7-16)8-19;1-21-14(12(16)17)19-13(20-21)10-2-4-11(5-3-10)22-8-9(6-15)7-18;;;;;;/h2*5-8,11H,3-4,9-10,12H2,1-2H3;4-7,10H,3,8-9,11H2,1-2H3;2-5,8H,6-7,9-10,19H2,1H3;3-7,13H,2,8-9,19H2,1H3;2-6,12H,7-8,18H2,1H3;6*1H/b2*13-11+;12-10+;11-8+;10-7+;9-6+;;;;;;. The number of benzene rings is 6. The highest BCUT2D eigenvalue weighted by Gasteiger charge is 2.52. The summed E-state index contributed by atoms with van der Waals surface area (Å²) >= 11 is 0. The lowest BCUT2D eigenvalue weighted by Crippen LogP contribution is -2.10. The lowest BCUT2D eigenvalue weighted by Gasteiger charge is -2.08. The SMILES string of the molecule is CC/C(=C\F)COc1ccc(-c2nc(C3(F)CC3)n(CC)n2)cc1.CC/C(=C\F)COc1ccc(-c2nc(C3(F)CC3)nn2C)cc1.CC/C(=C\F)COc1ccc(-c2nc(C3(F)CC3)nn2CC)cc1.CCn1nc(-c2ccc(OC/C(=C/F)CN)cc2)nc1C(F)F.Cl.Cl.Cl.Cl.Cl.Cl.Cn1nc(-c2ccc(OC/C(=C/F)CN)cc2)nc1C(F)F.Cn1nc(-c2ccc(OC/C(=C/F)CN)cc2)nc1C1(F)CC1. The Bertz CT molecular complexity index is 6110. The quantitative estimate of drug-likeness (QED) is 0.0301. The number of hydrogen-bond acceptors (Lipinski definition) is 21. The first-order valence-corrected chi connectivity index (χ1v) is 45.0. The molecule has 145 heavy (non-hydrogen) atoms. The number of ether oxygens (including phenoxy) is 6. The number of halogens is 20. The van der Waals surface area contributed by atoms with E-state index in [4.69, 9.17) is 45.6 Å². The maximum absolute atomic E-state index is 14.3. The Morgan fingerprint density at radius 1 is 0.297 bits per heavy atom. The molecule has 6 heterocycles. The van der Waals surface area contributed by atoms with Gasteiger partial charge in [-0.25, -0.2) is 119 Å². The van der Waals surface area contributed by atoms with Gasteiger partial charge in [0, 0.05) is 111 Å². The smallest absolute Gasteiger partial charge is 0.297 e. The van der Waals surface area contributed by atoms with Crippen molar-refractivity contribution in [3.63, 3.8) is 0 Å². The summed E-state index contributed by atoms with van der Waals surface area (Å²) in [6.07, 6.45) is 3.51. The van der Waals surface area contributed by atoms with Gasteiger partial charge in [-0.15, -0.1) is 74.4 Å². The van der Waals surface area contributed by atoms with Crippen molar-refractivity contribution in [1.82, 2.24) is 88.6 Å². The van der Waals surface area contributed by atoms with Gasteiger partial charge in [-0.05, 0) is 254 Å². The van der Waals surface area contributed by atoms with Crippen LogP contribution in [0.25, 0.3) is 68.3 Å². The lowest BCUT2D eigenvalue weighted by molar-refractivity contribution is 0.134. The summed E-state index contributed by atoms with van der Waals surface area (Å²) in [5.74, 6) is 6.80. The molecule has 0 spiro atoms. The zero-order chi connectivity index (χ0) is 100. The fourth-order valence-corrected chi connectivity index (χ4v) is 12.9. The largest absolute Gasteiger partial charge is 0.489 e. The minimum Gasteiger partial charge on any atom is -0.489 e. The van der Waals surface area contributed by atoms with Gasteiger partial charge in [0.2, 0.25) is 0 Å². The zero-order valence-corrected chi connectivity index (χ0v) is 85.6. The Morgan fingerprint density at radius 3 is 0.855 bits per heavy atom. The van der Waals surface area contributed by atoms with Gasteiger partial charge in [-0.1, -0.05) is 20.8 Å². The highest BCUT2D eigenvalue weighted by molar-refractivity contribution is 5.86. The van der Waals surface area contributed by atoms with E-state index in [9.17, 15) is 61.5 Å². The molecular formula is C98H117Cl6F14N21O6. The number of rotatable bonds is 39. The van der Waals surface area contributed by atoms with Gasteiger partial charge in [0.25, 0.3) is 12.9 Å². The van der Waals surface area contributed by atoms with Crippen LogP contribution in [-0.4, -0.2) is 148 Å². The molecule has 47 heteroatoms. The summed E-state index contributed by atoms with van der Waals surface area (Å²) in [5, 5.41) is 25.1. The molecule has 0 radical (unpaired) electrons. The number of hydrogen-bond donors (Lipinski definition) is 3. The molecule has 0 bridgehead atoms. The molecule has 790 valence electrons. The minimum atomic E-state index is -2.68. The third-order valence-corrected chi connectivity index (χ3v) is 22.3. The molecule has 4 aliphatic rings. The Labute approximate surface area is 867 Å². The van der Waals surface area contributed by atoms with E-state index in [1.54, 1.807) is 144 Å². The maximum atomic E-state index is 14.3. The summed E-state index contributed by atoms with van der Waals surface area (Å²) in [6.45, 7) is 13.9. The zero-order valence-electron chi connectivity index (χ0n) is 80.7. The fourth-order valence-electron chi connectivity index (χ4n) is 12.9. The van der Waals surface area contributed by atoms with Gasteiger partial charge in [-0.3, -0.25) is 0 Å². The van der Waals surface area contributed by atoms with E-state index in [0.717, 1.165) is 26.9 Å². The second kappa shape index (κ2) is 58.4. The Kier molecular flexibility index (Phi) is 49.7. The molecule has 4 saturated carbocycles. The molecule has 27 nitrogen and oxygen atoms in total. The minimum absolute atomic E-state index is 0. The van der Waals surface area contributed by atoms with Crippen molar-refractivity contribution in [2.45, 2.75) is 167 Å². The monoisotopic (exact) mass is 2160 g/mol. The number of alkyl halides is 8. The third-order valence-electron chi connectivity index (χ3n) is 22.3. The molecule has 12 aromatic rings. The summed E-state index contributed by atoms with van der Waals surface area (Å²) in [4.78, 5) is 25.1. The van der Waals surface area contributed by atoms with Crippen LogP contribution in [0.15, 0.2) is 217 Å². The molecule has 16 rings (SSSR count). The molecule has 6 N–H and O–H groups in total. The van der Waals surface area contributed by atoms with Crippen LogP contribution in [0.4, 0.5) is 61.5 Å². The van der Waals surface area contributed by atoms with Gasteiger partial charge in [0.1, 0.15) is 74.1 Å². The molecule has 0 unspecified atom stereocenters. The van der Waals surface area contributed by atoms with Crippen molar-refractivity contribution < 1.29 is 89.9 Å². The van der Waals surface area contributed by atoms with Crippen LogP contribution in [0.3, 0.4) is 0 Å². The number of aromatic nitrogens is 18. The average Bonchev–Trinajstić information content (AvgIpc) is 1.62. The normalized spacial score (nSPS) is 14.3. The lowest BCUT2D eigenvalue weighted by atomic mass is 10.2. The second-order valence-corrected chi connectivity index (χ2v) is 32.6. The second-order valence-electron chi connectivity index (χ2n) is 32.6. The number of aryl methyl sites for hydroxylation is 6. The van der Waals surface area contributed by atoms with Crippen LogP contribution in [0.5, 0.6) is 34.5 Å². The number of nitrogens with two attached hydrogens (primary N) is 3. The van der Waals surface area contributed by atoms with E-state index < -0.39 is 41.4 Å². The molecule has 0 aliphatic heterocycles. The topological polar surface area (TPSA) is 318 Å². The summed E-state index contributed by atoms with van der Waals surface area (Å²) in [6, 6.07) is 42.0. The average molecular weight is 2160 g/mol. The van der Waals surface area contributed by atoms with Crippen LogP contribution < -0.4 is 45.6 Å². The molecule has 6 aromatic carbocycles. The Morgan fingerprint density at radius 2 is 0.559 bits per heavy atom. The Balaban J connectivity index is 0.000000304. The Hall–Kier alpha value is -12.0. The predicted octanol–water partition coefficient (Wildman–Crippen LogP) is 24.1. The van der Waals surface area contributed by atoms with Gasteiger partial charge in [-0.2, -0.15) is 30.6 Å². The van der Waals surface area contributed by atoms with Crippen molar-refractivity contribution in [1.29, 1.82) is 0 Å². The van der Waals surface area contributed by atoms with E-state index in [-0.39, 0.29) is 163 Å². The third kappa shape index (κ3) is 34.1. The first kappa shape index (κ1) is 124. The van der Waals surface area contributed by atoms with E-state index >= 15 is 0 Å². The van der Waals surface area contributed by atoms with E-state index in [1.807, 2.05) is 71.0 Å². The highest BCUT2D eigenvalue weighted by atomic mass is 35.5. The first-order valence-electron chi connectivity index (χ1n) is 45.0.